The quantitative estimate of drug-likeness (QED) is 0.718. The van der Waals surface area contributed by atoms with E-state index in [1.807, 2.05) is 6.20 Å². The molecule has 0 spiro atoms. The summed E-state index contributed by atoms with van der Waals surface area (Å²) in [6.07, 6.45) is 3.99. The SMILES string of the molecule is Cc1cnc2ccc(CCCCl)cc2c1. The summed E-state index contributed by atoms with van der Waals surface area (Å²) in [5, 5.41) is 1.22. The Labute approximate surface area is 95.1 Å². The largest absolute Gasteiger partial charge is 0.256 e. The van der Waals surface area contributed by atoms with Gasteiger partial charge in [-0.2, -0.15) is 0 Å². The number of aromatic nitrogens is 1. The Balaban J connectivity index is 2.36. The minimum Gasteiger partial charge on any atom is -0.256 e. The number of fused-ring (bicyclic) bond motifs is 1. The van der Waals surface area contributed by atoms with Crippen LogP contribution >= 0.6 is 11.6 Å². The van der Waals surface area contributed by atoms with E-state index in [0.29, 0.717) is 0 Å². The Morgan fingerprint density at radius 1 is 1.27 bits per heavy atom. The third kappa shape index (κ3) is 2.48. The molecule has 0 aliphatic rings. The summed E-state index contributed by atoms with van der Waals surface area (Å²) in [5.74, 6) is 0.726. The molecule has 0 saturated heterocycles. The van der Waals surface area contributed by atoms with E-state index in [9.17, 15) is 0 Å². The summed E-state index contributed by atoms with van der Waals surface area (Å²) < 4.78 is 0. The molecule has 0 N–H and O–H groups in total. The van der Waals surface area contributed by atoms with E-state index in [-0.39, 0.29) is 0 Å². The number of aryl methyl sites for hydroxylation is 2. The molecule has 1 aromatic carbocycles. The zero-order chi connectivity index (χ0) is 10.7. The van der Waals surface area contributed by atoms with Crippen LogP contribution in [0.4, 0.5) is 0 Å². The van der Waals surface area contributed by atoms with Crippen LogP contribution in [0.3, 0.4) is 0 Å². The van der Waals surface area contributed by atoms with Crippen molar-refractivity contribution in [3.8, 4) is 0 Å². The van der Waals surface area contributed by atoms with Crippen LogP contribution in [-0.2, 0) is 6.42 Å². The first kappa shape index (κ1) is 10.4. The number of hydrogen-bond donors (Lipinski definition) is 0. The van der Waals surface area contributed by atoms with Crippen LogP contribution in [0.15, 0.2) is 30.5 Å². The summed E-state index contributed by atoms with van der Waals surface area (Å²) in [6.45, 7) is 2.07. The lowest BCUT2D eigenvalue weighted by Crippen LogP contribution is -1.88. The van der Waals surface area contributed by atoms with Crippen LogP contribution in [0.2, 0.25) is 0 Å². The van der Waals surface area contributed by atoms with Gasteiger partial charge in [0.25, 0.3) is 0 Å². The van der Waals surface area contributed by atoms with Gasteiger partial charge < -0.3 is 0 Å². The highest BCUT2D eigenvalue weighted by Gasteiger charge is 1.98. The number of halogens is 1. The minimum atomic E-state index is 0.726. The van der Waals surface area contributed by atoms with Crippen molar-refractivity contribution in [1.29, 1.82) is 0 Å². The fourth-order valence-corrected chi connectivity index (χ4v) is 1.85. The molecule has 15 heavy (non-hydrogen) atoms. The number of nitrogens with zero attached hydrogens (tertiary/aromatic N) is 1. The highest BCUT2D eigenvalue weighted by molar-refractivity contribution is 6.17. The van der Waals surface area contributed by atoms with Crippen molar-refractivity contribution in [1.82, 2.24) is 4.98 Å². The summed E-state index contributed by atoms with van der Waals surface area (Å²) in [6, 6.07) is 8.60. The predicted octanol–water partition coefficient (Wildman–Crippen LogP) is 3.71. The van der Waals surface area contributed by atoms with Crippen LogP contribution in [0, 0.1) is 6.92 Å². The van der Waals surface area contributed by atoms with Crippen LogP contribution in [0.1, 0.15) is 17.5 Å². The van der Waals surface area contributed by atoms with Gasteiger partial charge in [0.15, 0.2) is 0 Å². The molecule has 1 nitrogen and oxygen atoms in total. The van der Waals surface area contributed by atoms with Gasteiger partial charge in [-0.3, -0.25) is 4.98 Å². The lowest BCUT2D eigenvalue weighted by molar-refractivity contribution is 0.930. The molecule has 0 aliphatic heterocycles. The minimum absolute atomic E-state index is 0.726. The van der Waals surface area contributed by atoms with Crippen molar-refractivity contribution in [3.63, 3.8) is 0 Å². The van der Waals surface area contributed by atoms with Gasteiger partial charge in [-0.05, 0) is 49.1 Å². The van der Waals surface area contributed by atoms with Gasteiger partial charge in [-0.1, -0.05) is 6.07 Å². The number of alkyl halides is 1. The fraction of sp³-hybridized carbons (Fsp3) is 0.308. The number of rotatable bonds is 3. The van der Waals surface area contributed by atoms with E-state index in [2.05, 4.69) is 36.2 Å². The molecule has 78 valence electrons. The van der Waals surface area contributed by atoms with E-state index in [4.69, 9.17) is 11.6 Å². The Morgan fingerprint density at radius 2 is 2.13 bits per heavy atom. The first-order valence-corrected chi connectivity index (χ1v) is 5.74. The Kier molecular flexibility index (Phi) is 3.22. The topological polar surface area (TPSA) is 12.9 Å². The van der Waals surface area contributed by atoms with Crippen LogP contribution in [0.5, 0.6) is 0 Å². The van der Waals surface area contributed by atoms with E-state index >= 15 is 0 Å². The summed E-state index contributed by atoms with van der Waals surface area (Å²) in [7, 11) is 0. The first-order chi connectivity index (χ1) is 7.29. The normalized spacial score (nSPS) is 10.8. The molecular formula is C13H14ClN. The maximum absolute atomic E-state index is 5.68. The fourth-order valence-electron chi connectivity index (χ4n) is 1.72. The van der Waals surface area contributed by atoms with Crippen LogP contribution in [0.25, 0.3) is 10.9 Å². The molecule has 2 heteroatoms. The second-order valence-electron chi connectivity index (χ2n) is 3.83. The summed E-state index contributed by atoms with van der Waals surface area (Å²) in [5.41, 5.74) is 3.61. The standard InChI is InChI=1S/C13H14ClN/c1-10-7-12-8-11(3-2-6-14)4-5-13(12)15-9-10/h4-5,7-9H,2-3,6H2,1H3. The molecular weight excluding hydrogens is 206 g/mol. The van der Waals surface area contributed by atoms with Gasteiger partial charge in [0, 0.05) is 17.5 Å². The van der Waals surface area contributed by atoms with Crippen molar-refractivity contribution in [2.75, 3.05) is 5.88 Å². The molecule has 2 rings (SSSR count). The van der Waals surface area contributed by atoms with Crippen molar-refractivity contribution in [2.45, 2.75) is 19.8 Å². The number of pyridine rings is 1. The lowest BCUT2D eigenvalue weighted by Gasteiger charge is -2.02. The van der Waals surface area contributed by atoms with E-state index in [1.54, 1.807) is 0 Å². The zero-order valence-electron chi connectivity index (χ0n) is 8.83. The molecule has 0 saturated carbocycles. The van der Waals surface area contributed by atoms with Gasteiger partial charge in [-0.15, -0.1) is 11.6 Å². The molecule has 0 aliphatic carbocycles. The second-order valence-corrected chi connectivity index (χ2v) is 4.21. The third-order valence-corrected chi connectivity index (χ3v) is 2.75. The molecule has 0 bridgehead atoms. The number of benzene rings is 1. The van der Waals surface area contributed by atoms with Crippen LogP contribution in [-0.4, -0.2) is 10.9 Å². The van der Waals surface area contributed by atoms with Gasteiger partial charge >= 0.3 is 0 Å². The highest BCUT2D eigenvalue weighted by Crippen LogP contribution is 2.16. The molecule has 1 heterocycles. The smallest absolute Gasteiger partial charge is 0.0702 e. The van der Waals surface area contributed by atoms with Gasteiger partial charge in [-0.25, -0.2) is 0 Å². The van der Waals surface area contributed by atoms with E-state index < -0.39 is 0 Å². The monoisotopic (exact) mass is 219 g/mol. The molecule has 1 aromatic heterocycles. The van der Waals surface area contributed by atoms with Crippen molar-refractivity contribution < 1.29 is 0 Å². The zero-order valence-corrected chi connectivity index (χ0v) is 9.59. The van der Waals surface area contributed by atoms with Gasteiger partial charge in [0.1, 0.15) is 0 Å². The maximum atomic E-state index is 5.68. The molecule has 0 radical (unpaired) electrons. The molecule has 2 aromatic rings. The second kappa shape index (κ2) is 4.63. The van der Waals surface area contributed by atoms with Crippen LogP contribution < -0.4 is 0 Å². The van der Waals surface area contributed by atoms with Crippen molar-refractivity contribution in [2.24, 2.45) is 0 Å². The number of hydrogen-bond acceptors (Lipinski definition) is 1. The van der Waals surface area contributed by atoms with Gasteiger partial charge in [0.2, 0.25) is 0 Å². The van der Waals surface area contributed by atoms with Crippen molar-refractivity contribution >= 4 is 22.5 Å². The first-order valence-electron chi connectivity index (χ1n) is 5.21. The Bertz CT molecular complexity index is 465. The molecule has 0 fully saturated rings. The summed E-state index contributed by atoms with van der Waals surface area (Å²) in [4.78, 5) is 4.38. The molecule has 0 unspecified atom stereocenters. The third-order valence-electron chi connectivity index (χ3n) is 2.48. The van der Waals surface area contributed by atoms with Gasteiger partial charge in [0.05, 0.1) is 5.52 Å². The lowest BCUT2D eigenvalue weighted by atomic mass is 10.1. The predicted molar refractivity (Wildman–Crippen MR) is 65.5 cm³/mol. The molecule has 0 amide bonds. The van der Waals surface area contributed by atoms with E-state index in [1.165, 1.54) is 16.5 Å². The average Bonchev–Trinajstić information content (AvgIpc) is 2.25. The maximum Gasteiger partial charge on any atom is 0.0702 e. The Hall–Kier alpha value is -1.08. The highest BCUT2D eigenvalue weighted by atomic mass is 35.5. The molecule has 0 atom stereocenters. The average molecular weight is 220 g/mol. The summed E-state index contributed by atoms with van der Waals surface area (Å²) >= 11 is 5.68. The van der Waals surface area contributed by atoms with E-state index in [0.717, 1.165) is 24.2 Å². The Morgan fingerprint density at radius 3 is 2.93 bits per heavy atom. The van der Waals surface area contributed by atoms with Crippen molar-refractivity contribution in [3.05, 3.63) is 41.6 Å².